The van der Waals surface area contributed by atoms with Crippen molar-refractivity contribution in [3.63, 3.8) is 0 Å². The predicted molar refractivity (Wildman–Crippen MR) is 102 cm³/mol. The Morgan fingerprint density at radius 1 is 1.40 bits per heavy atom. The summed E-state index contributed by atoms with van der Waals surface area (Å²) in [5, 5.41) is 6.21. The van der Waals surface area contributed by atoms with Crippen molar-refractivity contribution >= 4 is 30.7 Å². The summed E-state index contributed by atoms with van der Waals surface area (Å²) in [6.45, 7) is 5.69. The monoisotopic (exact) mass is 386 g/mol. The molecule has 6 nitrogen and oxygen atoms in total. The van der Waals surface area contributed by atoms with Crippen LogP contribution < -0.4 is 10.6 Å². The maximum absolute atomic E-state index is 12.4. The van der Waals surface area contributed by atoms with Crippen LogP contribution in [0.5, 0.6) is 0 Å². The number of imidazole rings is 1. The number of aromatic nitrogens is 2. The summed E-state index contributed by atoms with van der Waals surface area (Å²) in [6, 6.07) is 7.70. The van der Waals surface area contributed by atoms with E-state index in [0.29, 0.717) is 19.7 Å². The minimum absolute atomic E-state index is 0. The number of nitrogens with one attached hydrogen (secondary N) is 2. The van der Waals surface area contributed by atoms with Crippen LogP contribution in [-0.4, -0.2) is 40.8 Å². The van der Waals surface area contributed by atoms with Crippen molar-refractivity contribution in [2.75, 3.05) is 13.2 Å². The first kappa shape index (κ1) is 21.4. The fourth-order valence-corrected chi connectivity index (χ4v) is 2.85. The van der Waals surface area contributed by atoms with Gasteiger partial charge < -0.3 is 19.9 Å². The van der Waals surface area contributed by atoms with Crippen LogP contribution in [0, 0.1) is 6.92 Å². The fourth-order valence-electron chi connectivity index (χ4n) is 2.85. The van der Waals surface area contributed by atoms with Crippen LogP contribution in [0.1, 0.15) is 18.3 Å². The van der Waals surface area contributed by atoms with E-state index in [0.717, 1.165) is 17.1 Å². The van der Waals surface area contributed by atoms with Crippen molar-refractivity contribution in [1.29, 1.82) is 0 Å². The summed E-state index contributed by atoms with van der Waals surface area (Å²) < 4.78 is 7.55. The number of amides is 1. The van der Waals surface area contributed by atoms with E-state index in [-0.39, 0.29) is 42.9 Å². The Hall–Kier alpha value is -1.60. The smallest absolute Gasteiger partial charge is 0.240 e. The lowest BCUT2D eigenvalue weighted by atomic mass is 10.1. The summed E-state index contributed by atoms with van der Waals surface area (Å²) in [5.41, 5.74) is 2.08. The Labute approximate surface area is 160 Å². The van der Waals surface area contributed by atoms with Gasteiger partial charge >= 0.3 is 0 Å². The first-order valence-corrected chi connectivity index (χ1v) is 7.88. The van der Waals surface area contributed by atoms with Crippen molar-refractivity contribution < 1.29 is 9.53 Å². The molecule has 2 atom stereocenters. The Morgan fingerprint density at radius 3 is 2.84 bits per heavy atom. The molecule has 0 bridgehead atoms. The molecule has 1 aromatic heterocycles. The number of aryl methyl sites for hydroxylation is 1. The molecule has 1 fully saturated rings. The van der Waals surface area contributed by atoms with Gasteiger partial charge in [0.15, 0.2) is 0 Å². The minimum Gasteiger partial charge on any atom is -0.375 e. The molecule has 1 aliphatic heterocycles. The van der Waals surface area contributed by atoms with Crippen molar-refractivity contribution in [1.82, 2.24) is 20.2 Å². The zero-order chi connectivity index (χ0) is 16.2. The number of halogens is 2. The molecule has 0 unspecified atom stereocenters. The highest BCUT2D eigenvalue weighted by molar-refractivity contribution is 5.85. The first-order chi connectivity index (χ1) is 11.2. The van der Waals surface area contributed by atoms with E-state index in [4.69, 9.17) is 4.74 Å². The lowest BCUT2D eigenvalue weighted by molar-refractivity contribution is -0.129. The van der Waals surface area contributed by atoms with Gasteiger partial charge in [0.2, 0.25) is 5.91 Å². The summed E-state index contributed by atoms with van der Waals surface area (Å²) in [6.07, 6.45) is 3.58. The number of para-hydroxylation sites is 1. The number of benzene rings is 1. The highest BCUT2D eigenvalue weighted by Gasteiger charge is 2.28. The van der Waals surface area contributed by atoms with Gasteiger partial charge in [-0.2, -0.15) is 0 Å². The lowest BCUT2D eigenvalue weighted by Gasteiger charge is -2.29. The minimum atomic E-state index is -0.300. The van der Waals surface area contributed by atoms with Gasteiger partial charge in [0.1, 0.15) is 11.9 Å². The molecule has 1 aliphatic rings. The van der Waals surface area contributed by atoms with E-state index in [1.54, 1.807) is 6.20 Å². The van der Waals surface area contributed by atoms with Gasteiger partial charge in [-0.3, -0.25) is 4.79 Å². The van der Waals surface area contributed by atoms with E-state index in [9.17, 15) is 4.79 Å². The Balaban J connectivity index is 0.00000156. The van der Waals surface area contributed by atoms with Crippen LogP contribution in [-0.2, 0) is 16.1 Å². The molecular weight excluding hydrogens is 363 g/mol. The molecule has 138 valence electrons. The number of hydrogen-bond donors (Lipinski definition) is 2. The molecule has 1 amide bonds. The van der Waals surface area contributed by atoms with Gasteiger partial charge in [-0.25, -0.2) is 4.98 Å². The van der Waals surface area contributed by atoms with Crippen molar-refractivity contribution in [2.45, 2.75) is 32.5 Å². The predicted octanol–water partition coefficient (Wildman–Crippen LogP) is 2.02. The van der Waals surface area contributed by atoms with Crippen LogP contribution in [0.15, 0.2) is 36.7 Å². The van der Waals surface area contributed by atoms with E-state index in [1.165, 1.54) is 0 Å². The zero-order valence-electron chi connectivity index (χ0n) is 14.3. The van der Waals surface area contributed by atoms with E-state index in [2.05, 4.69) is 15.6 Å². The Bertz CT molecular complexity index is 693. The van der Waals surface area contributed by atoms with Crippen LogP contribution in [0.4, 0.5) is 0 Å². The van der Waals surface area contributed by atoms with Gasteiger partial charge in [0.05, 0.1) is 18.4 Å². The van der Waals surface area contributed by atoms with E-state index in [1.807, 2.05) is 48.9 Å². The molecule has 8 heteroatoms. The molecule has 2 aromatic rings. The maximum atomic E-state index is 12.4. The second-order valence-corrected chi connectivity index (χ2v) is 5.70. The molecule has 1 saturated heterocycles. The summed E-state index contributed by atoms with van der Waals surface area (Å²) >= 11 is 0. The SMILES string of the molecule is Cc1nccn1-c1ccccc1CNC(=O)[C@H]1NCCO[C@@H]1C.Cl.Cl. The third-order valence-electron chi connectivity index (χ3n) is 4.13. The lowest BCUT2D eigenvalue weighted by Crippen LogP contribution is -2.55. The van der Waals surface area contributed by atoms with Crippen LogP contribution in [0.25, 0.3) is 5.69 Å². The molecule has 1 aromatic carbocycles. The number of nitrogens with zero attached hydrogens (tertiary/aromatic N) is 2. The van der Waals surface area contributed by atoms with Gasteiger partial charge in [0, 0.05) is 25.5 Å². The number of rotatable bonds is 4. The standard InChI is InChI=1S/C17H22N4O2.2ClH/c1-12-16(19-8-10-23-12)17(22)20-11-14-5-3-4-6-15(14)21-9-7-18-13(21)2;;/h3-7,9,12,16,19H,8,10-11H2,1-2H3,(H,20,22);2*1H/t12-,16+;;/m1../s1. The summed E-state index contributed by atoms with van der Waals surface area (Å²) in [5.74, 6) is 0.883. The Kier molecular flexibility index (Phi) is 8.38. The number of carbonyl (C=O) groups is 1. The quantitative estimate of drug-likeness (QED) is 0.843. The number of hydrogen-bond acceptors (Lipinski definition) is 4. The molecule has 3 rings (SSSR count). The van der Waals surface area contributed by atoms with Crippen LogP contribution in [0.2, 0.25) is 0 Å². The molecule has 0 saturated carbocycles. The average Bonchev–Trinajstić information content (AvgIpc) is 2.99. The zero-order valence-corrected chi connectivity index (χ0v) is 15.9. The highest BCUT2D eigenvalue weighted by atomic mass is 35.5. The van der Waals surface area contributed by atoms with Gasteiger partial charge in [0.25, 0.3) is 0 Å². The normalized spacial score (nSPS) is 19.4. The molecule has 2 N–H and O–H groups in total. The van der Waals surface area contributed by atoms with Crippen LogP contribution >= 0.6 is 24.8 Å². The molecule has 0 aliphatic carbocycles. The molecule has 0 spiro atoms. The van der Waals surface area contributed by atoms with E-state index < -0.39 is 0 Å². The molecule has 0 radical (unpaired) electrons. The summed E-state index contributed by atoms with van der Waals surface area (Å²) in [4.78, 5) is 16.6. The number of ether oxygens (including phenoxy) is 1. The molecule has 25 heavy (non-hydrogen) atoms. The van der Waals surface area contributed by atoms with E-state index >= 15 is 0 Å². The molecular formula is C17H24Cl2N4O2. The van der Waals surface area contributed by atoms with Crippen molar-refractivity contribution in [3.05, 3.63) is 48.0 Å². The maximum Gasteiger partial charge on any atom is 0.240 e. The van der Waals surface area contributed by atoms with Crippen LogP contribution in [0.3, 0.4) is 0 Å². The summed E-state index contributed by atoms with van der Waals surface area (Å²) in [7, 11) is 0. The fraction of sp³-hybridized carbons (Fsp3) is 0.412. The third-order valence-corrected chi connectivity index (χ3v) is 4.13. The van der Waals surface area contributed by atoms with Gasteiger partial charge in [-0.1, -0.05) is 18.2 Å². The number of morpholine rings is 1. The highest BCUT2D eigenvalue weighted by Crippen LogP contribution is 2.16. The second kappa shape index (κ2) is 9.77. The largest absolute Gasteiger partial charge is 0.375 e. The topological polar surface area (TPSA) is 68.2 Å². The first-order valence-electron chi connectivity index (χ1n) is 7.88. The Morgan fingerprint density at radius 2 is 2.16 bits per heavy atom. The third kappa shape index (κ3) is 4.95. The molecule has 2 heterocycles. The van der Waals surface area contributed by atoms with Gasteiger partial charge in [-0.05, 0) is 25.5 Å². The number of carbonyl (C=O) groups excluding carboxylic acids is 1. The second-order valence-electron chi connectivity index (χ2n) is 5.70. The van der Waals surface area contributed by atoms with Crippen molar-refractivity contribution in [3.8, 4) is 5.69 Å². The van der Waals surface area contributed by atoms with Crippen molar-refractivity contribution in [2.24, 2.45) is 0 Å². The average molecular weight is 387 g/mol. The van der Waals surface area contributed by atoms with Gasteiger partial charge in [-0.15, -0.1) is 24.8 Å².